The van der Waals surface area contributed by atoms with Crippen LogP contribution in [0.3, 0.4) is 0 Å². The molecule has 0 bridgehead atoms. The number of aromatic hydroxyl groups is 1. The second-order valence-corrected chi connectivity index (χ2v) is 6.57. The lowest BCUT2D eigenvalue weighted by molar-refractivity contribution is -0.116. The highest BCUT2D eigenvalue weighted by atomic mass is 35.5. The van der Waals surface area contributed by atoms with E-state index in [1.54, 1.807) is 29.1 Å². The monoisotopic (exact) mass is 353 g/mol. The van der Waals surface area contributed by atoms with Gasteiger partial charge in [-0.05, 0) is 35.4 Å². The molecule has 0 aliphatic carbocycles. The number of anilines is 1. The molecular weight excluding hydrogens is 338 g/mol. The van der Waals surface area contributed by atoms with Crippen molar-refractivity contribution in [2.24, 2.45) is 0 Å². The predicted octanol–water partition coefficient (Wildman–Crippen LogP) is 3.76. The van der Waals surface area contributed by atoms with Gasteiger partial charge in [-0.3, -0.25) is 4.79 Å². The van der Waals surface area contributed by atoms with Gasteiger partial charge < -0.3 is 10.4 Å². The molecule has 0 radical (unpaired) electrons. The highest BCUT2D eigenvalue weighted by Crippen LogP contribution is 2.38. The smallest absolute Gasteiger partial charge is 0.226 e. The van der Waals surface area contributed by atoms with E-state index in [0.717, 1.165) is 16.7 Å². The van der Waals surface area contributed by atoms with Crippen LogP contribution in [0.15, 0.2) is 54.7 Å². The van der Waals surface area contributed by atoms with Crippen LogP contribution in [0.25, 0.3) is 0 Å². The first kappa shape index (κ1) is 15.7. The lowest BCUT2D eigenvalue weighted by Crippen LogP contribution is -2.25. The summed E-state index contributed by atoms with van der Waals surface area (Å²) in [4.78, 5) is 12.2. The van der Waals surface area contributed by atoms with Crippen LogP contribution >= 0.6 is 11.6 Å². The van der Waals surface area contributed by atoms with Crippen molar-refractivity contribution in [3.63, 3.8) is 0 Å². The zero-order valence-corrected chi connectivity index (χ0v) is 14.1. The molecule has 0 spiro atoms. The third kappa shape index (κ3) is 3.10. The van der Waals surface area contributed by atoms with Crippen LogP contribution in [-0.2, 0) is 11.3 Å². The van der Waals surface area contributed by atoms with Crippen molar-refractivity contribution >= 4 is 23.3 Å². The van der Waals surface area contributed by atoms with Crippen molar-refractivity contribution in [1.29, 1.82) is 0 Å². The van der Waals surface area contributed by atoms with Crippen LogP contribution in [-0.4, -0.2) is 20.8 Å². The first-order chi connectivity index (χ1) is 12.1. The number of rotatable bonds is 3. The number of amides is 1. The van der Waals surface area contributed by atoms with E-state index in [2.05, 4.69) is 10.4 Å². The maximum atomic E-state index is 12.2. The van der Waals surface area contributed by atoms with E-state index < -0.39 is 0 Å². The fraction of sp³-hybridized carbons (Fsp3) is 0.158. The Morgan fingerprint density at radius 3 is 2.80 bits per heavy atom. The zero-order chi connectivity index (χ0) is 17.4. The molecule has 2 heterocycles. The number of nitrogens with one attached hydrogen (secondary N) is 1. The molecule has 2 aromatic carbocycles. The molecule has 3 aromatic rings. The van der Waals surface area contributed by atoms with Gasteiger partial charge in [0.15, 0.2) is 0 Å². The average Bonchev–Trinajstić information content (AvgIpc) is 2.99. The van der Waals surface area contributed by atoms with E-state index in [-0.39, 0.29) is 17.6 Å². The van der Waals surface area contributed by atoms with E-state index in [4.69, 9.17) is 11.6 Å². The SMILES string of the molecule is O=C1C[C@H](c2cccc(O)c2)c2cnn(Cc3ccc(Cl)cc3)c2N1. The van der Waals surface area contributed by atoms with Crippen LogP contribution in [0.5, 0.6) is 5.75 Å². The number of aromatic nitrogens is 2. The molecule has 0 fully saturated rings. The molecule has 2 N–H and O–H groups in total. The molecule has 0 saturated heterocycles. The Morgan fingerprint density at radius 2 is 2.04 bits per heavy atom. The topological polar surface area (TPSA) is 67.1 Å². The second kappa shape index (κ2) is 6.26. The largest absolute Gasteiger partial charge is 0.508 e. The Bertz CT molecular complexity index is 934. The summed E-state index contributed by atoms with van der Waals surface area (Å²) in [6.45, 7) is 0.541. The first-order valence-corrected chi connectivity index (χ1v) is 8.37. The van der Waals surface area contributed by atoms with Crippen LogP contribution in [0, 0.1) is 0 Å². The summed E-state index contributed by atoms with van der Waals surface area (Å²) in [5.74, 6) is 0.728. The Labute approximate surface area is 149 Å². The fourth-order valence-corrected chi connectivity index (χ4v) is 3.32. The Morgan fingerprint density at radius 1 is 1.24 bits per heavy atom. The van der Waals surface area contributed by atoms with Crippen molar-refractivity contribution in [2.75, 3.05) is 5.32 Å². The van der Waals surface area contributed by atoms with Crippen LogP contribution < -0.4 is 5.32 Å². The number of carbonyl (C=O) groups excluding carboxylic acids is 1. The number of fused-ring (bicyclic) bond motifs is 1. The van der Waals surface area contributed by atoms with Gasteiger partial charge in [0.2, 0.25) is 5.91 Å². The van der Waals surface area contributed by atoms with E-state index in [9.17, 15) is 9.90 Å². The van der Waals surface area contributed by atoms with Crippen molar-refractivity contribution in [3.05, 3.63) is 76.4 Å². The predicted molar refractivity (Wildman–Crippen MR) is 96.0 cm³/mol. The molecule has 0 saturated carbocycles. The maximum Gasteiger partial charge on any atom is 0.226 e. The van der Waals surface area contributed by atoms with Gasteiger partial charge in [-0.15, -0.1) is 0 Å². The summed E-state index contributed by atoms with van der Waals surface area (Å²) in [6.07, 6.45) is 2.13. The number of nitrogens with zero attached hydrogens (tertiary/aromatic N) is 2. The molecule has 1 atom stereocenters. The lowest BCUT2D eigenvalue weighted by atomic mass is 9.87. The number of hydrogen-bond donors (Lipinski definition) is 2. The lowest BCUT2D eigenvalue weighted by Gasteiger charge is -2.24. The third-order valence-electron chi connectivity index (χ3n) is 4.41. The number of hydrogen-bond acceptors (Lipinski definition) is 3. The highest BCUT2D eigenvalue weighted by molar-refractivity contribution is 6.30. The van der Waals surface area contributed by atoms with E-state index >= 15 is 0 Å². The van der Waals surface area contributed by atoms with Crippen molar-refractivity contribution < 1.29 is 9.90 Å². The molecule has 1 aliphatic heterocycles. The second-order valence-electron chi connectivity index (χ2n) is 6.13. The number of halogens is 1. The van der Waals surface area contributed by atoms with Gasteiger partial charge in [-0.1, -0.05) is 35.9 Å². The standard InChI is InChI=1S/C19H16ClN3O2/c20-14-6-4-12(5-7-14)11-23-19-17(10-21-23)16(9-18(25)22-19)13-2-1-3-15(24)8-13/h1-8,10,16,24H,9,11H2,(H,22,25)/t16-/m1/s1. The molecule has 5 nitrogen and oxygen atoms in total. The van der Waals surface area contributed by atoms with E-state index in [1.165, 1.54) is 0 Å². The minimum Gasteiger partial charge on any atom is -0.508 e. The molecule has 126 valence electrons. The van der Waals surface area contributed by atoms with Gasteiger partial charge in [0.25, 0.3) is 0 Å². The number of carbonyl (C=O) groups is 1. The van der Waals surface area contributed by atoms with Gasteiger partial charge in [0.05, 0.1) is 12.7 Å². The summed E-state index contributed by atoms with van der Waals surface area (Å²) in [5, 5.41) is 17.8. The van der Waals surface area contributed by atoms with Crippen molar-refractivity contribution in [1.82, 2.24) is 9.78 Å². The molecule has 1 amide bonds. The summed E-state index contributed by atoms with van der Waals surface area (Å²) >= 11 is 5.93. The Kier molecular flexibility index (Phi) is 3.93. The summed E-state index contributed by atoms with van der Waals surface area (Å²) < 4.78 is 1.78. The maximum absolute atomic E-state index is 12.2. The molecule has 0 unspecified atom stereocenters. The minimum absolute atomic E-state index is 0.0568. The van der Waals surface area contributed by atoms with E-state index in [0.29, 0.717) is 23.8 Å². The quantitative estimate of drug-likeness (QED) is 0.753. The molecule has 6 heteroatoms. The Hall–Kier alpha value is -2.79. The molecule has 25 heavy (non-hydrogen) atoms. The average molecular weight is 354 g/mol. The highest BCUT2D eigenvalue weighted by Gasteiger charge is 2.30. The van der Waals surface area contributed by atoms with E-state index in [1.807, 2.05) is 30.3 Å². The van der Waals surface area contributed by atoms with Crippen molar-refractivity contribution in [2.45, 2.75) is 18.9 Å². The molecular formula is C19H16ClN3O2. The van der Waals surface area contributed by atoms with Gasteiger partial charge in [0.1, 0.15) is 11.6 Å². The first-order valence-electron chi connectivity index (χ1n) is 7.99. The summed E-state index contributed by atoms with van der Waals surface area (Å²) in [7, 11) is 0. The molecule has 1 aliphatic rings. The normalized spacial score (nSPS) is 16.4. The van der Waals surface area contributed by atoms with Crippen LogP contribution in [0.2, 0.25) is 5.02 Å². The molecule has 4 rings (SSSR count). The minimum atomic E-state index is -0.116. The van der Waals surface area contributed by atoms with Gasteiger partial charge >= 0.3 is 0 Å². The van der Waals surface area contributed by atoms with Gasteiger partial charge in [0, 0.05) is 22.9 Å². The fourth-order valence-electron chi connectivity index (χ4n) is 3.19. The number of phenols is 1. The molecule has 1 aromatic heterocycles. The van der Waals surface area contributed by atoms with Gasteiger partial charge in [-0.2, -0.15) is 5.10 Å². The van der Waals surface area contributed by atoms with Gasteiger partial charge in [-0.25, -0.2) is 4.68 Å². The van der Waals surface area contributed by atoms with Crippen LogP contribution in [0.1, 0.15) is 29.0 Å². The number of phenolic OH excluding ortho intramolecular Hbond substituents is 1. The third-order valence-corrected chi connectivity index (χ3v) is 4.66. The zero-order valence-electron chi connectivity index (χ0n) is 13.3. The summed E-state index contributed by atoms with van der Waals surface area (Å²) in [5.41, 5.74) is 2.91. The number of benzene rings is 2. The van der Waals surface area contributed by atoms with Crippen LogP contribution in [0.4, 0.5) is 5.82 Å². The Balaban J connectivity index is 1.70. The summed E-state index contributed by atoms with van der Waals surface area (Å²) in [6, 6.07) is 14.6. The van der Waals surface area contributed by atoms with Crippen molar-refractivity contribution in [3.8, 4) is 5.75 Å².